The van der Waals surface area contributed by atoms with Crippen molar-refractivity contribution in [3.8, 4) is 5.75 Å². The molecule has 4 rings (SSSR count). The molecule has 1 aliphatic rings. The van der Waals surface area contributed by atoms with E-state index < -0.39 is 31.1 Å². The van der Waals surface area contributed by atoms with Crippen molar-refractivity contribution < 1.29 is 25.2 Å². The second-order valence-electron chi connectivity index (χ2n) is 7.43. The number of fused-ring (bicyclic) bond motifs is 1. The second kappa shape index (κ2) is 9.27. The van der Waals surface area contributed by atoms with Crippen LogP contribution in [0.3, 0.4) is 0 Å². The molecule has 0 radical (unpaired) electrons. The van der Waals surface area contributed by atoms with Gasteiger partial charge in [0.15, 0.2) is 23.2 Å². The molecule has 0 aliphatic carbocycles. The van der Waals surface area contributed by atoms with Gasteiger partial charge in [0, 0.05) is 6.04 Å². The normalized spacial score (nSPS) is 24.6. The zero-order chi connectivity index (χ0) is 22.3. The number of aromatic nitrogens is 4. The van der Waals surface area contributed by atoms with Crippen molar-refractivity contribution in [1.82, 2.24) is 19.5 Å². The van der Waals surface area contributed by atoms with Crippen molar-refractivity contribution >= 4 is 62.2 Å². The number of hydrogen-bond donors (Lipinski definition) is 5. The highest BCUT2D eigenvalue weighted by Gasteiger charge is 2.44. The minimum atomic E-state index is -1.22. The molecule has 3 aromatic rings. The first kappa shape index (κ1) is 22.8. The molecule has 1 fully saturated rings. The summed E-state index contributed by atoms with van der Waals surface area (Å²) in [6.07, 6.45) is -0.662. The summed E-state index contributed by atoms with van der Waals surface area (Å²) in [6.45, 7) is 1.61. The van der Waals surface area contributed by atoms with E-state index in [1.807, 2.05) is 19.1 Å². The number of hydrogen-bond acceptors (Lipinski definition) is 9. The van der Waals surface area contributed by atoms with Crippen LogP contribution >= 0.6 is 45.2 Å². The van der Waals surface area contributed by atoms with E-state index in [1.54, 1.807) is 0 Å². The number of imidazole rings is 1. The first-order chi connectivity index (χ1) is 14.8. The van der Waals surface area contributed by atoms with Crippen LogP contribution in [0.15, 0.2) is 24.8 Å². The van der Waals surface area contributed by atoms with E-state index in [-0.39, 0.29) is 6.04 Å². The van der Waals surface area contributed by atoms with Gasteiger partial charge in [0.25, 0.3) is 0 Å². The highest BCUT2D eigenvalue weighted by atomic mass is 127. The van der Waals surface area contributed by atoms with E-state index in [2.05, 4.69) is 65.5 Å². The Morgan fingerprint density at radius 1 is 1.16 bits per heavy atom. The van der Waals surface area contributed by atoms with Gasteiger partial charge in [-0.2, -0.15) is 0 Å². The number of phenolic OH excluding ortho intramolecular Hbond substituents is 1. The number of halogens is 2. The third-order valence-electron chi connectivity index (χ3n) is 5.15. The summed E-state index contributed by atoms with van der Waals surface area (Å²) in [7, 11) is 0. The topological polar surface area (TPSA) is 146 Å². The molecule has 10 nitrogen and oxygen atoms in total. The summed E-state index contributed by atoms with van der Waals surface area (Å²) in [5.74, 6) is 0.824. The van der Waals surface area contributed by atoms with E-state index in [9.17, 15) is 20.4 Å². The third kappa shape index (κ3) is 4.45. The van der Waals surface area contributed by atoms with Crippen LogP contribution in [0.4, 0.5) is 5.82 Å². The van der Waals surface area contributed by atoms with E-state index in [1.165, 1.54) is 17.2 Å². The lowest BCUT2D eigenvalue weighted by atomic mass is 10.1. The van der Waals surface area contributed by atoms with Crippen LogP contribution in [0, 0.1) is 7.14 Å². The maximum atomic E-state index is 10.3. The zero-order valence-electron chi connectivity index (χ0n) is 16.4. The Morgan fingerprint density at radius 3 is 2.52 bits per heavy atom. The maximum Gasteiger partial charge on any atom is 0.167 e. The summed E-state index contributed by atoms with van der Waals surface area (Å²) in [5.41, 5.74) is 2.02. The molecule has 1 saturated heterocycles. The average molecular weight is 653 g/mol. The van der Waals surface area contributed by atoms with Crippen LogP contribution in [0.25, 0.3) is 11.2 Å². The van der Waals surface area contributed by atoms with Gasteiger partial charge in [-0.1, -0.05) is 0 Å². The number of aliphatic hydroxyl groups excluding tert-OH is 3. The molecule has 3 heterocycles. The number of anilines is 1. The van der Waals surface area contributed by atoms with Gasteiger partial charge in [-0.25, -0.2) is 15.0 Å². The lowest BCUT2D eigenvalue weighted by Crippen LogP contribution is -2.33. The Morgan fingerprint density at radius 2 is 1.87 bits per heavy atom. The second-order valence-corrected chi connectivity index (χ2v) is 9.76. The molecule has 166 valence electrons. The molecule has 2 aromatic heterocycles. The van der Waals surface area contributed by atoms with E-state index in [0.29, 0.717) is 29.2 Å². The molecule has 12 heteroatoms. The fraction of sp³-hybridized carbons (Fsp3) is 0.421. The number of nitrogens with zero attached hydrogens (tertiary/aromatic N) is 4. The first-order valence-electron chi connectivity index (χ1n) is 9.53. The summed E-state index contributed by atoms with van der Waals surface area (Å²) >= 11 is 4.22. The van der Waals surface area contributed by atoms with Gasteiger partial charge < -0.3 is 30.5 Å². The Bertz CT molecular complexity index is 1070. The molecule has 1 aliphatic heterocycles. The molecule has 0 bridgehead atoms. The molecule has 1 aromatic carbocycles. The van der Waals surface area contributed by atoms with E-state index >= 15 is 0 Å². The molecular weight excluding hydrogens is 632 g/mol. The fourth-order valence-corrected chi connectivity index (χ4v) is 5.52. The van der Waals surface area contributed by atoms with E-state index in [4.69, 9.17) is 4.74 Å². The Hall–Kier alpha value is -1.33. The Kier molecular flexibility index (Phi) is 6.83. The Balaban J connectivity index is 1.56. The molecule has 5 N–H and O–H groups in total. The maximum absolute atomic E-state index is 10.3. The van der Waals surface area contributed by atoms with Crippen LogP contribution < -0.4 is 5.32 Å². The quantitative estimate of drug-likeness (QED) is 0.250. The Labute approximate surface area is 205 Å². The minimum Gasteiger partial charge on any atom is -0.506 e. The standard InChI is InChI=1S/C19H21I2N5O5/c1-8(2-9-3-10(20)14(28)11(21)4-9)25-17-13-18(23-6-22-17)26(7-24-13)19-16(30)15(29)12(5-27)31-19/h3-4,6-8,12,15-16,19,27-30H,2,5H2,1H3,(H,22,23,25). The summed E-state index contributed by atoms with van der Waals surface area (Å²) in [5, 5.41) is 43.0. The number of nitrogens with one attached hydrogen (secondary N) is 1. The molecule has 0 spiro atoms. The summed E-state index contributed by atoms with van der Waals surface area (Å²) < 4.78 is 8.72. The van der Waals surface area contributed by atoms with Gasteiger partial charge in [-0.3, -0.25) is 4.57 Å². The predicted octanol–water partition coefficient (Wildman–Crippen LogP) is 1.40. The fourth-order valence-electron chi connectivity index (χ4n) is 3.63. The number of phenols is 1. The van der Waals surface area contributed by atoms with Gasteiger partial charge >= 0.3 is 0 Å². The molecule has 0 saturated carbocycles. The lowest BCUT2D eigenvalue weighted by molar-refractivity contribution is -0.0511. The van der Waals surface area contributed by atoms with Crippen molar-refractivity contribution in [3.63, 3.8) is 0 Å². The summed E-state index contributed by atoms with van der Waals surface area (Å²) in [4.78, 5) is 13.0. The molecule has 5 unspecified atom stereocenters. The van der Waals surface area contributed by atoms with Gasteiger partial charge in [0.05, 0.1) is 20.1 Å². The van der Waals surface area contributed by atoms with Crippen molar-refractivity contribution in [2.45, 2.75) is 43.9 Å². The largest absolute Gasteiger partial charge is 0.506 e. The number of rotatable bonds is 6. The predicted molar refractivity (Wildman–Crippen MR) is 129 cm³/mol. The average Bonchev–Trinajstić information content (AvgIpc) is 3.28. The molecule has 5 atom stereocenters. The van der Waals surface area contributed by atoms with Crippen molar-refractivity contribution in [2.75, 3.05) is 11.9 Å². The SMILES string of the molecule is CC(Cc1cc(I)c(O)c(I)c1)Nc1ncnc2c1ncn2C1OC(CO)C(O)C1O. The van der Waals surface area contributed by atoms with Gasteiger partial charge in [0.2, 0.25) is 0 Å². The number of aliphatic hydroxyl groups is 3. The van der Waals surface area contributed by atoms with Gasteiger partial charge in [0.1, 0.15) is 30.4 Å². The van der Waals surface area contributed by atoms with Crippen LogP contribution in [0.5, 0.6) is 5.75 Å². The monoisotopic (exact) mass is 653 g/mol. The van der Waals surface area contributed by atoms with Gasteiger partial charge in [-0.05, 0) is 76.2 Å². The highest BCUT2D eigenvalue weighted by Crippen LogP contribution is 2.32. The van der Waals surface area contributed by atoms with Crippen molar-refractivity contribution in [2.24, 2.45) is 0 Å². The summed E-state index contributed by atoms with van der Waals surface area (Å²) in [6, 6.07) is 3.90. The van der Waals surface area contributed by atoms with Crippen molar-refractivity contribution in [3.05, 3.63) is 37.5 Å². The van der Waals surface area contributed by atoms with Crippen molar-refractivity contribution in [1.29, 1.82) is 0 Å². The number of aromatic hydroxyl groups is 1. The molecule has 31 heavy (non-hydrogen) atoms. The van der Waals surface area contributed by atoms with Crippen LogP contribution in [-0.2, 0) is 11.2 Å². The highest BCUT2D eigenvalue weighted by molar-refractivity contribution is 14.1. The number of ether oxygens (including phenoxy) is 1. The zero-order valence-corrected chi connectivity index (χ0v) is 20.7. The third-order valence-corrected chi connectivity index (χ3v) is 6.80. The number of benzene rings is 1. The smallest absolute Gasteiger partial charge is 0.167 e. The molecule has 0 amide bonds. The molecular formula is C19H21I2N5O5. The van der Waals surface area contributed by atoms with Crippen LogP contribution in [0.2, 0.25) is 0 Å². The van der Waals surface area contributed by atoms with Crippen LogP contribution in [0.1, 0.15) is 18.7 Å². The first-order valence-corrected chi connectivity index (χ1v) is 11.7. The minimum absolute atomic E-state index is 0.00769. The van der Waals surface area contributed by atoms with E-state index in [0.717, 1.165) is 12.7 Å². The lowest BCUT2D eigenvalue weighted by Gasteiger charge is -2.17. The van der Waals surface area contributed by atoms with Gasteiger partial charge in [-0.15, -0.1) is 0 Å². The van der Waals surface area contributed by atoms with Crippen LogP contribution in [-0.4, -0.2) is 70.9 Å².